The Hall–Kier alpha value is -0.870. The number of ether oxygens (including phenoxy) is 2. The van der Waals surface area contributed by atoms with E-state index in [-0.39, 0.29) is 25.1 Å². The monoisotopic (exact) mass is 384 g/mol. The lowest BCUT2D eigenvalue weighted by Gasteiger charge is -2.13. The molecule has 0 aromatic carbocycles. The van der Waals surface area contributed by atoms with Gasteiger partial charge in [0.15, 0.2) is 0 Å². The molecule has 0 spiro atoms. The fourth-order valence-electron chi connectivity index (χ4n) is 3.01. The van der Waals surface area contributed by atoms with Gasteiger partial charge >= 0.3 is 5.97 Å². The van der Waals surface area contributed by atoms with E-state index in [0.29, 0.717) is 13.0 Å². The first-order valence-electron chi connectivity index (χ1n) is 11.1. The zero-order valence-electron chi connectivity index (χ0n) is 17.9. The molecule has 0 heterocycles. The van der Waals surface area contributed by atoms with Crippen molar-refractivity contribution in [2.75, 3.05) is 26.9 Å². The van der Waals surface area contributed by atoms with Crippen molar-refractivity contribution in [3.05, 3.63) is 12.2 Å². The molecule has 0 aromatic rings. The number of aliphatic hydroxyl groups excluding tert-OH is 1. The van der Waals surface area contributed by atoms with Crippen LogP contribution < -0.4 is 0 Å². The maximum Gasteiger partial charge on any atom is 0.305 e. The number of aliphatic hydroxyl groups is 1. The van der Waals surface area contributed by atoms with Gasteiger partial charge in [-0.3, -0.25) is 4.79 Å². The van der Waals surface area contributed by atoms with Gasteiger partial charge in [0.2, 0.25) is 0 Å². The zero-order valence-corrected chi connectivity index (χ0v) is 17.9. The van der Waals surface area contributed by atoms with E-state index in [4.69, 9.17) is 14.6 Å². The van der Waals surface area contributed by atoms with Crippen LogP contribution in [0, 0.1) is 5.92 Å². The molecule has 4 nitrogen and oxygen atoms in total. The number of allylic oxidation sites excluding steroid dienone is 2. The SMILES string of the molecule is CCCCCCCC/C=C\CCCCCCCC(=O)OCC(CO)COC. The van der Waals surface area contributed by atoms with E-state index in [2.05, 4.69) is 19.1 Å². The first kappa shape index (κ1) is 26.1. The summed E-state index contributed by atoms with van der Waals surface area (Å²) in [6.07, 6.45) is 21.4. The predicted molar refractivity (Wildman–Crippen MR) is 113 cm³/mol. The second-order valence-corrected chi connectivity index (χ2v) is 7.52. The molecule has 0 radical (unpaired) electrons. The lowest BCUT2D eigenvalue weighted by Crippen LogP contribution is -2.21. The Morgan fingerprint density at radius 2 is 1.41 bits per heavy atom. The van der Waals surface area contributed by atoms with Gasteiger partial charge < -0.3 is 14.6 Å². The molecule has 1 atom stereocenters. The fourth-order valence-corrected chi connectivity index (χ4v) is 3.01. The topological polar surface area (TPSA) is 55.8 Å². The van der Waals surface area contributed by atoms with Crippen molar-refractivity contribution >= 4 is 5.97 Å². The minimum atomic E-state index is -0.165. The Kier molecular flexibility index (Phi) is 20.7. The highest BCUT2D eigenvalue weighted by Gasteiger charge is 2.10. The van der Waals surface area contributed by atoms with Gasteiger partial charge in [-0.05, 0) is 32.1 Å². The van der Waals surface area contributed by atoms with Crippen LogP contribution in [0.2, 0.25) is 0 Å². The molecule has 0 bridgehead atoms. The van der Waals surface area contributed by atoms with Crippen LogP contribution in [-0.2, 0) is 14.3 Å². The van der Waals surface area contributed by atoms with Crippen LogP contribution in [0.4, 0.5) is 0 Å². The number of rotatable bonds is 20. The molecule has 0 aromatic heterocycles. The number of hydrogen-bond donors (Lipinski definition) is 1. The molecule has 0 fully saturated rings. The lowest BCUT2D eigenvalue weighted by molar-refractivity contribution is -0.146. The zero-order chi connectivity index (χ0) is 20.0. The van der Waals surface area contributed by atoms with Crippen LogP contribution in [0.5, 0.6) is 0 Å². The molecule has 1 unspecified atom stereocenters. The lowest BCUT2D eigenvalue weighted by atomic mass is 10.1. The van der Waals surface area contributed by atoms with Crippen molar-refractivity contribution < 1.29 is 19.4 Å². The predicted octanol–water partition coefficient (Wildman–Crippen LogP) is 5.82. The molecule has 0 aliphatic carbocycles. The third kappa shape index (κ3) is 19.7. The maximum absolute atomic E-state index is 11.6. The van der Waals surface area contributed by atoms with Crippen LogP contribution in [-0.4, -0.2) is 38.0 Å². The second-order valence-electron chi connectivity index (χ2n) is 7.52. The molecule has 4 heteroatoms. The number of esters is 1. The normalized spacial score (nSPS) is 12.6. The van der Waals surface area contributed by atoms with Crippen LogP contribution >= 0.6 is 0 Å². The Morgan fingerprint density at radius 3 is 1.96 bits per heavy atom. The standard InChI is InChI=1S/C23H44O4/c1-3-4-5-6-7-8-9-10-11-12-13-14-15-16-17-18-23(25)27-21-22(19-24)20-26-2/h10-11,22,24H,3-9,12-21H2,1-2H3/b11-10-. The van der Waals surface area contributed by atoms with Crippen molar-refractivity contribution in [1.82, 2.24) is 0 Å². The average Bonchev–Trinajstić information content (AvgIpc) is 2.68. The van der Waals surface area contributed by atoms with E-state index in [0.717, 1.165) is 12.8 Å². The van der Waals surface area contributed by atoms with Crippen molar-refractivity contribution in [3.63, 3.8) is 0 Å². The van der Waals surface area contributed by atoms with Gasteiger partial charge in [-0.2, -0.15) is 0 Å². The van der Waals surface area contributed by atoms with Crippen molar-refractivity contribution in [2.45, 2.75) is 96.8 Å². The fraction of sp³-hybridized carbons (Fsp3) is 0.870. The summed E-state index contributed by atoms with van der Waals surface area (Å²) in [4.78, 5) is 11.6. The summed E-state index contributed by atoms with van der Waals surface area (Å²) in [7, 11) is 1.58. The minimum absolute atomic E-state index is 0.0193. The number of carbonyl (C=O) groups excluding carboxylic acids is 1. The van der Waals surface area contributed by atoms with Crippen LogP contribution in [0.25, 0.3) is 0 Å². The maximum atomic E-state index is 11.6. The molecule has 0 saturated carbocycles. The summed E-state index contributed by atoms with van der Waals surface area (Å²) in [5.41, 5.74) is 0. The van der Waals surface area contributed by atoms with Gasteiger partial charge in [-0.25, -0.2) is 0 Å². The first-order valence-corrected chi connectivity index (χ1v) is 11.1. The van der Waals surface area contributed by atoms with E-state index in [1.54, 1.807) is 7.11 Å². The number of carbonyl (C=O) groups is 1. The van der Waals surface area contributed by atoms with Gasteiger partial charge in [0.25, 0.3) is 0 Å². The van der Waals surface area contributed by atoms with Gasteiger partial charge in [0.05, 0.1) is 19.8 Å². The summed E-state index contributed by atoms with van der Waals surface area (Å²) >= 11 is 0. The Labute approximate surface area is 167 Å². The highest BCUT2D eigenvalue weighted by molar-refractivity contribution is 5.69. The quantitative estimate of drug-likeness (QED) is 0.163. The number of unbranched alkanes of at least 4 members (excludes halogenated alkanes) is 11. The van der Waals surface area contributed by atoms with Gasteiger partial charge in [0, 0.05) is 19.4 Å². The third-order valence-electron chi connectivity index (χ3n) is 4.78. The molecular formula is C23H44O4. The number of hydrogen-bond acceptors (Lipinski definition) is 4. The molecule has 0 aliphatic heterocycles. The summed E-state index contributed by atoms with van der Waals surface area (Å²) in [6, 6.07) is 0. The molecule has 1 N–H and O–H groups in total. The van der Waals surface area contributed by atoms with Crippen LogP contribution in [0.3, 0.4) is 0 Å². The molecule has 0 amide bonds. The first-order chi connectivity index (χ1) is 13.2. The third-order valence-corrected chi connectivity index (χ3v) is 4.78. The molecule has 0 aliphatic rings. The van der Waals surface area contributed by atoms with Crippen molar-refractivity contribution in [1.29, 1.82) is 0 Å². The average molecular weight is 385 g/mol. The van der Waals surface area contributed by atoms with E-state index in [1.165, 1.54) is 70.6 Å². The molecule has 0 saturated heterocycles. The van der Waals surface area contributed by atoms with Crippen LogP contribution in [0.15, 0.2) is 12.2 Å². The van der Waals surface area contributed by atoms with E-state index < -0.39 is 0 Å². The highest BCUT2D eigenvalue weighted by Crippen LogP contribution is 2.10. The van der Waals surface area contributed by atoms with Gasteiger partial charge in [-0.1, -0.05) is 70.4 Å². The highest BCUT2D eigenvalue weighted by atomic mass is 16.5. The van der Waals surface area contributed by atoms with E-state index >= 15 is 0 Å². The van der Waals surface area contributed by atoms with Crippen molar-refractivity contribution in [3.8, 4) is 0 Å². The van der Waals surface area contributed by atoms with Crippen molar-refractivity contribution in [2.24, 2.45) is 5.92 Å². The number of methoxy groups -OCH3 is 1. The summed E-state index contributed by atoms with van der Waals surface area (Å²) < 4.78 is 10.1. The Morgan fingerprint density at radius 1 is 0.852 bits per heavy atom. The molecule has 0 rings (SSSR count). The van der Waals surface area contributed by atoms with Gasteiger partial charge in [-0.15, -0.1) is 0 Å². The summed E-state index contributed by atoms with van der Waals surface area (Å²) in [5.74, 6) is -0.282. The van der Waals surface area contributed by atoms with Gasteiger partial charge in [0.1, 0.15) is 0 Å². The minimum Gasteiger partial charge on any atom is -0.465 e. The van der Waals surface area contributed by atoms with Crippen LogP contribution in [0.1, 0.15) is 96.8 Å². The molecule has 27 heavy (non-hydrogen) atoms. The smallest absolute Gasteiger partial charge is 0.305 e. The van der Waals surface area contributed by atoms with E-state index in [9.17, 15) is 4.79 Å². The second kappa shape index (κ2) is 21.4. The molecular weight excluding hydrogens is 340 g/mol. The molecule has 160 valence electrons. The Balaban J connectivity index is 3.32. The van der Waals surface area contributed by atoms with E-state index in [1.807, 2.05) is 0 Å². The largest absolute Gasteiger partial charge is 0.465 e. The summed E-state index contributed by atoms with van der Waals surface area (Å²) in [5, 5.41) is 9.11. The Bertz CT molecular complexity index is 341. The summed E-state index contributed by atoms with van der Waals surface area (Å²) in [6.45, 7) is 2.90.